The lowest BCUT2D eigenvalue weighted by atomic mass is 9.79. The topological polar surface area (TPSA) is 40.5 Å². The van der Waals surface area contributed by atoms with Crippen LogP contribution in [0.5, 0.6) is 0 Å². The first-order chi connectivity index (χ1) is 46.0. The van der Waals surface area contributed by atoms with Crippen LogP contribution in [0.4, 0.5) is 0 Å². The van der Waals surface area contributed by atoms with E-state index in [1.54, 1.807) is 22.7 Å². The summed E-state index contributed by atoms with van der Waals surface area (Å²) >= 11 is 7.23. The summed E-state index contributed by atoms with van der Waals surface area (Å²) in [6.07, 6.45) is 47.4. The van der Waals surface area contributed by atoms with Crippen LogP contribution in [0.3, 0.4) is 0 Å². The van der Waals surface area contributed by atoms with E-state index in [1.807, 2.05) is 22.7 Å². The fourth-order valence-electron chi connectivity index (χ4n) is 14.6. The molecule has 0 aliphatic heterocycles. The average molecular weight is 1340 g/mol. The second-order valence-electron chi connectivity index (χ2n) is 28.3. The molecule has 0 atom stereocenters. The van der Waals surface area contributed by atoms with Crippen LogP contribution < -0.4 is 0 Å². The van der Waals surface area contributed by atoms with Gasteiger partial charge in [0.25, 0.3) is 0 Å². The second kappa shape index (κ2) is 40.7. The van der Waals surface area contributed by atoms with Crippen molar-refractivity contribution < 1.29 is 10.2 Å². The average Bonchev–Trinajstić information content (AvgIpc) is 1.42. The van der Waals surface area contributed by atoms with E-state index in [0.717, 1.165) is 94.5 Å². The molecule has 2 N–H and O–H groups in total. The first kappa shape index (κ1) is 75.6. The van der Waals surface area contributed by atoms with Gasteiger partial charge < -0.3 is 10.2 Å². The summed E-state index contributed by atoms with van der Waals surface area (Å²) in [7, 11) is 0. The summed E-state index contributed by atoms with van der Waals surface area (Å²) in [4.78, 5) is 4.48. The van der Waals surface area contributed by atoms with Gasteiger partial charge in [-0.1, -0.05) is 282 Å². The largest absolute Gasteiger partial charge is 0.375 e. The summed E-state index contributed by atoms with van der Waals surface area (Å²) < 4.78 is 2.52. The normalized spacial score (nSPS) is 12.1. The Labute approximate surface area is 589 Å². The molecule has 0 saturated heterocycles. The highest BCUT2D eigenvalue weighted by molar-refractivity contribution is 7.31. The Kier molecular flexibility index (Phi) is 32.7. The van der Waals surface area contributed by atoms with Crippen molar-refractivity contribution in [1.29, 1.82) is 0 Å². The lowest BCUT2D eigenvalue weighted by Gasteiger charge is -2.32. The predicted octanol–water partition coefficient (Wildman–Crippen LogP) is 28.0. The van der Waals surface area contributed by atoms with Crippen molar-refractivity contribution in [2.24, 2.45) is 0 Å². The SMILES string of the molecule is CCCCCCc1cc(CCCCCC)cc(C(O)(c2cc(CCCCCC)cc(CCCCCC)c2)c2sccc2-c2cc3sc(-c4ccsc4C(O)(c4cc(CCCCCC)cc(CCCCCC)c4)c4cc(CCCCCC)cc(CCCCCC)c4)cc3s2)c1. The molecule has 0 fully saturated rings. The molecule has 6 heteroatoms. The standard InChI is InChI=1S/C88H124O2S4/c1-9-17-25-33-41-67-53-68(42-34-26-18-10-2)58-75(57-67)87(89,76-59-69(43-35-27-19-11-3)54-70(60-76)44-36-28-20-12-4)85-79(49-51-91-85)81-65-83-84(93-81)66-82(94-83)80-50-52-92-86(80)88(90,77-61-71(45-37-29-21-13-5)55-72(62-77)46-38-30-22-14-6)78-63-73(47-39-31-23-15-7)56-74(64-78)48-40-32-24-16-8/h49-66,89-90H,9-48H2,1-8H3. The van der Waals surface area contributed by atoms with Gasteiger partial charge in [-0.2, -0.15) is 0 Å². The molecule has 8 aromatic rings. The minimum atomic E-state index is -1.36. The van der Waals surface area contributed by atoms with Crippen molar-refractivity contribution in [3.05, 3.63) is 184 Å². The summed E-state index contributed by atoms with van der Waals surface area (Å²) in [5.41, 5.74) is 14.6. The number of aliphatic hydroxyl groups is 2. The highest BCUT2D eigenvalue weighted by Gasteiger charge is 2.41. The van der Waals surface area contributed by atoms with Crippen molar-refractivity contribution in [3.63, 3.8) is 0 Å². The molecule has 0 unspecified atom stereocenters. The van der Waals surface area contributed by atoms with Crippen molar-refractivity contribution in [1.82, 2.24) is 0 Å². The van der Waals surface area contributed by atoms with Crippen LogP contribution in [0.1, 0.15) is 337 Å². The van der Waals surface area contributed by atoms with Crippen LogP contribution in [-0.4, -0.2) is 10.2 Å². The minimum absolute atomic E-state index is 1.03. The second-order valence-corrected chi connectivity index (χ2v) is 32.3. The fraction of sp³-hybridized carbons (Fsp3) is 0.568. The fourth-order valence-corrected chi connectivity index (χ4v) is 19.3. The molecule has 0 aliphatic rings. The molecule has 0 spiro atoms. The highest BCUT2D eigenvalue weighted by Crippen LogP contribution is 2.52. The number of rotatable bonds is 48. The molecule has 0 amide bonds. The lowest BCUT2D eigenvalue weighted by Crippen LogP contribution is -2.29. The maximum absolute atomic E-state index is 14.6. The van der Waals surface area contributed by atoms with E-state index in [-0.39, 0.29) is 0 Å². The third-order valence-corrected chi connectivity index (χ3v) is 24.6. The van der Waals surface area contributed by atoms with Gasteiger partial charge in [-0.3, -0.25) is 0 Å². The van der Waals surface area contributed by atoms with E-state index in [4.69, 9.17) is 0 Å². The monoisotopic (exact) mass is 1340 g/mol. The van der Waals surface area contributed by atoms with E-state index >= 15 is 0 Å². The Morgan fingerprint density at radius 2 is 0.457 bits per heavy atom. The minimum Gasteiger partial charge on any atom is -0.375 e. The Bertz CT molecular complexity index is 2920. The van der Waals surface area contributed by atoms with E-state index in [0.29, 0.717) is 0 Å². The van der Waals surface area contributed by atoms with E-state index in [9.17, 15) is 10.2 Å². The molecule has 0 bridgehead atoms. The maximum atomic E-state index is 14.6. The molecular formula is C88H124O2S4. The van der Waals surface area contributed by atoms with Crippen molar-refractivity contribution in [2.75, 3.05) is 0 Å². The Hall–Kier alpha value is -4.14. The Balaban J connectivity index is 1.27. The van der Waals surface area contributed by atoms with Gasteiger partial charge in [0, 0.05) is 30.3 Å². The first-order valence-electron chi connectivity index (χ1n) is 38.7. The first-order valence-corrected chi connectivity index (χ1v) is 42.1. The van der Waals surface area contributed by atoms with Crippen LogP contribution in [0.2, 0.25) is 0 Å². The van der Waals surface area contributed by atoms with Crippen LogP contribution in [0.15, 0.2) is 108 Å². The molecule has 4 heterocycles. The van der Waals surface area contributed by atoms with E-state index in [1.165, 1.54) is 269 Å². The van der Waals surface area contributed by atoms with Gasteiger partial charge in [-0.05, 0) is 205 Å². The third-order valence-electron chi connectivity index (χ3n) is 20.2. The molecule has 94 heavy (non-hydrogen) atoms. The molecule has 4 aromatic carbocycles. The number of fused-ring (bicyclic) bond motifs is 1. The summed E-state index contributed by atoms with van der Waals surface area (Å²) in [6.45, 7) is 18.5. The summed E-state index contributed by atoms with van der Waals surface area (Å²) in [6, 6.07) is 38.7. The molecule has 0 saturated carbocycles. The van der Waals surface area contributed by atoms with Crippen LogP contribution >= 0.6 is 45.3 Å². The van der Waals surface area contributed by atoms with Crippen molar-refractivity contribution in [3.8, 4) is 20.9 Å². The zero-order valence-electron chi connectivity index (χ0n) is 60.2. The number of unbranched alkanes of at least 4 members (excludes halogenated alkanes) is 24. The number of thiophene rings is 4. The van der Waals surface area contributed by atoms with Gasteiger partial charge >= 0.3 is 0 Å². The zero-order chi connectivity index (χ0) is 66.4. The van der Waals surface area contributed by atoms with Crippen molar-refractivity contribution in [2.45, 2.75) is 323 Å². The molecule has 0 radical (unpaired) electrons. The van der Waals surface area contributed by atoms with Gasteiger partial charge in [0.2, 0.25) is 0 Å². The Morgan fingerprint density at radius 3 is 0.649 bits per heavy atom. The quantitative estimate of drug-likeness (QED) is 0.0373. The maximum Gasteiger partial charge on any atom is 0.150 e. The summed E-state index contributed by atoms with van der Waals surface area (Å²) in [5, 5.41) is 33.7. The van der Waals surface area contributed by atoms with Gasteiger partial charge in [0.15, 0.2) is 0 Å². The molecule has 4 aromatic heterocycles. The van der Waals surface area contributed by atoms with Crippen LogP contribution in [-0.2, 0) is 62.6 Å². The number of hydrogen-bond acceptors (Lipinski definition) is 6. The number of hydrogen-bond donors (Lipinski definition) is 2. The number of benzene rings is 4. The molecule has 0 aliphatic carbocycles. The smallest absolute Gasteiger partial charge is 0.150 e. The highest BCUT2D eigenvalue weighted by atomic mass is 32.1. The summed E-state index contributed by atoms with van der Waals surface area (Å²) in [5.74, 6) is 0. The third kappa shape index (κ3) is 21.4. The van der Waals surface area contributed by atoms with Gasteiger partial charge in [0.05, 0.1) is 9.75 Å². The van der Waals surface area contributed by atoms with E-state index in [2.05, 4.69) is 163 Å². The number of aryl methyl sites for hydroxylation is 8. The molecule has 8 rings (SSSR count). The Morgan fingerprint density at radius 1 is 0.255 bits per heavy atom. The van der Waals surface area contributed by atoms with Gasteiger partial charge in [-0.15, -0.1) is 45.3 Å². The van der Waals surface area contributed by atoms with Gasteiger partial charge in [-0.25, -0.2) is 0 Å². The molecular weight excluding hydrogens is 1220 g/mol. The van der Waals surface area contributed by atoms with E-state index < -0.39 is 11.2 Å². The van der Waals surface area contributed by atoms with Crippen LogP contribution in [0.25, 0.3) is 30.3 Å². The lowest BCUT2D eigenvalue weighted by molar-refractivity contribution is 0.129. The van der Waals surface area contributed by atoms with Crippen LogP contribution in [0, 0.1) is 0 Å². The van der Waals surface area contributed by atoms with Gasteiger partial charge in [0.1, 0.15) is 11.2 Å². The molecule has 2 nitrogen and oxygen atoms in total. The predicted molar refractivity (Wildman–Crippen MR) is 419 cm³/mol. The zero-order valence-corrected chi connectivity index (χ0v) is 63.5. The van der Waals surface area contributed by atoms with Crippen molar-refractivity contribution >= 4 is 54.7 Å². The molecule has 512 valence electrons.